The molecule has 0 saturated heterocycles. The first-order valence-electron chi connectivity index (χ1n) is 8.16. The molecule has 1 heterocycles. The summed E-state index contributed by atoms with van der Waals surface area (Å²) in [5.74, 6) is -1.50. The van der Waals surface area contributed by atoms with Crippen molar-refractivity contribution in [2.24, 2.45) is 5.92 Å². The van der Waals surface area contributed by atoms with Gasteiger partial charge in [-0.1, -0.05) is 43.7 Å². The highest BCUT2D eigenvalue weighted by atomic mass is 32.2. The van der Waals surface area contributed by atoms with E-state index in [1.54, 1.807) is 17.0 Å². The Hall–Kier alpha value is -2.08. The first kappa shape index (κ1) is 19.2. The van der Waals surface area contributed by atoms with Crippen molar-refractivity contribution in [3.05, 3.63) is 46.5 Å². The molecule has 0 spiro atoms. The largest absolute Gasteiger partial charge is 0.481 e. The van der Waals surface area contributed by atoms with Crippen molar-refractivity contribution in [2.75, 3.05) is 12.8 Å². The molecule has 1 aliphatic heterocycles. The van der Waals surface area contributed by atoms with E-state index >= 15 is 0 Å². The minimum atomic E-state index is -1.11. The Kier molecular flexibility index (Phi) is 6.06. The van der Waals surface area contributed by atoms with E-state index in [0.29, 0.717) is 17.7 Å². The molecule has 0 unspecified atom stereocenters. The average molecular weight is 361 g/mol. The maximum atomic E-state index is 13.1. The van der Waals surface area contributed by atoms with E-state index in [9.17, 15) is 19.5 Å². The minimum Gasteiger partial charge on any atom is -0.481 e. The van der Waals surface area contributed by atoms with Crippen molar-refractivity contribution in [1.29, 1.82) is 0 Å². The van der Waals surface area contributed by atoms with Gasteiger partial charge in [0.05, 0.1) is 6.42 Å². The molecule has 1 aromatic carbocycles. The topological polar surface area (TPSA) is 74.7 Å². The third kappa shape index (κ3) is 4.12. The average Bonchev–Trinajstić information content (AvgIpc) is 2.79. The SMILES string of the molecule is CS[C@H]1C(C(=O)c2ccc(C)cc2)=C(CC(=O)O)C(=O)N1CC(C)C. The smallest absolute Gasteiger partial charge is 0.308 e. The second-order valence-electron chi connectivity index (χ2n) is 6.60. The van der Waals surface area contributed by atoms with Gasteiger partial charge in [-0.2, -0.15) is 0 Å². The fraction of sp³-hybridized carbons (Fsp3) is 0.421. The number of hydrogen-bond donors (Lipinski definition) is 1. The van der Waals surface area contributed by atoms with E-state index in [4.69, 9.17) is 0 Å². The monoisotopic (exact) mass is 361 g/mol. The van der Waals surface area contributed by atoms with E-state index in [1.807, 2.05) is 39.2 Å². The Morgan fingerprint density at radius 1 is 1.24 bits per heavy atom. The number of amides is 1. The lowest BCUT2D eigenvalue weighted by Crippen LogP contribution is -2.37. The van der Waals surface area contributed by atoms with Crippen molar-refractivity contribution in [3.63, 3.8) is 0 Å². The zero-order valence-corrected chi connectivity index (χ0v) is 15.7. The molecule has 0 bridgehead atoms. The predicted molar refractivity (Wildman–Crippen MR) is 98.6 cm³/mol. The molecule has 25 heavy (non-hydrogen) atoms. The van der Waals surface area contributed by atoms with Crippen LogP contribution in [0.25, 0.3) is 0 Å². The fourth-order valence-electron chi connectivity index (χ4n) is 2.95. The summed E-state index contributed by atoms with van der Waals surface area (Å²) in [6, 6.07) is 7.11. The molecule has 1 aromatic rings. The van der Waals surface area contributed by atoms with Crippen LogP contribution in [0.1, 0.15) is 36.2 Å². The third-order valence-corrected chi connectivity index (χ3v) is 4.98. The van der Waals surface area contributed by atoms with E-state index < -0.39 is 17.8 Å². The molecule has 1 aliphatic rings. The quantitative estimate of drug-likeness (QED) is 0.755. The zero-order chi connectivity index (χ0) is 18.7. The van der Waals surface area contributed by atoms with Crippen LogP contribution in [0.5, 0.6) is 0 Å². The second-order valence-corrected chi connectivity index (χ2v) is 7.52. The van der Waals surface area contributed by atoms with Gasteiger partial charge < -0.3 is 10.0 Å². The Bertz CT molecular complexity index is 721. The van der Waals surface area contributed by atoms with Crippen LogP contribution in [0.3, 0.4) is 0 Å². The maximum Gasteiger partial charge on any atom is 0.308 e. The van der Waals surface area contributed by atoms with Crippen LogP contribution in [0, 0.1) is 12.8 Å². The predicted octanol–water partition coefficient (Wildman–Crippen LogP) is 3.14. The van der Waals surface area contributed by atoms with Crippen LogP contribution in [0.4, 0.5) is 0 Å². The van der Waals surface area contributed by atoms with Gasteiger partial charge in [-0.05, 0) is 19.1 Å². The minimum absolute atomic E-state index is 0.109. The molecule has 5 nitrogen and oxygen atoms in total. The lowest BCUT2D eigenvalue weighted by molar-refractivity contribution is -0.137. The van der Waals surface area contributed by atoms with Gasteiger partial charge in [0.15, 0.2) is 5.78 Å². The van der Waals surface area contributed by atoms with Crippen molar-refractivity contribution in [2.45, 2.75) is 32.6 Å². The molecule has 2 rings (SSSR count). The Morgan fingerprint density at radius 3 is 2.32 bits per heavy atom. The summed E-state index contributed by atoms with van der Waals surface area (Å²) in [4.78, 5) is 38.7. The molecule has 0 aliphatic carbocycles. The van der Waals surface area contributed by atoms with Crippen LogP contribution in [0.2, 0.25) is 0 Å². The highest BCUT2D eigenvalue weighted by Crippen LogP contribution is 2.36. The number of thioether (sulfide) groups is 1. The summed E-state index contributed by atoms with van der Waals surface area (Å²) in [6.45, 7) is 6.39. The molecule has 6 heteroatoms. The van der Waals surface area contributed by atoms with Gasteiger partial charge in [0.1, 0.15) is 5.37 Å². The number of hydrogen-bond acceptors (Lipinski definition) is 4. The number of carboxylic acid groups (broad SMARTS) is 1. The zero-order valence-electron chi connectivity index (χ0n) is 14.9. The van der Waals surface area contributed by atoms with E-state index in [-0.39, 0.29) is 23.2 Å². The molecule has 1 amide bonds. The first-order chi connectivity index (χ1) is 11.8. The summed E-state index contributed by atoms with van der Waals surface area (Å²) in [5.41, 5.74) is 1.92. The summed E-state index contributed by atoms with van der Waals surface area (Å²) in [6.07, 6.45) is 1.40. The van der Waals surface area contributed by atoms with Gasteiger partial charge in [0, 0.05) is 23.3 Å². The lowest BCUT2D eigenvalue weighted by Gasteiger charge is -2.27. The molecular weight excluding hydrogens is 338 g/mol. The normalized spacial score (nSPS) is 17.6. The van der Waals surface area contributed by atoms with Crippen LogP contribution < -0.4 is 0 Å². The summed E-state index contributed by atoms with van der Waals surface area (Å²) in [7, 11) is 0. The number of Topliss-reactive ketones (excluding diaryl/α,β-unsaturated/α-hetero) is 1. The van der Waals surface area contributed by atoms with E-state index in [2.05, 4.69) is 0 Å². The molecule has 1 atom stereocenters. The molecule has 1 N–H and O–H groups in total. The Balaban J connectivity index is 2.51. The molecule has 0 saturated carbocycles. The number of benzene rings is 1. The number of carbonyl (C=O) groups is 3. The van der Waals surface area contributed by atoms with Crippen molar-refractivity contribution >= 4 is 29.4 Å². The van der Waals surface area contributed by atoms with Gasteiger partial charge in [0.25, 0.3) is 5.91 Å². The van der Waals surface area contributed by atoms with E-state index in [0.717, 1.165) is 5.56 Å². The van der Waals surface area contributed by atoms with Gasteiger partial charge in [-0.25, -0.2) is 0 Å². The maximum absolute atomic E-state index is 13.1. The first-order valence-corrected chi connectivity index (χ1v) is 9.45. The summed E-state index contributed by atoms with van der Waals surface area (Å²) in [5, 5.41) is 8.76. The number of ketones is 1. The Morgan fingerprint density at radius 2 is 1.84 bits per heavy atom. The Labute approximate surface area is 152 Å². The fourth-order valence-corrected chi connectivity index (χ4v) is 3.87. The third-order valence-electron chi connectivity index (χ3n) is 4.05. The molecule has 0 fully saturated rings. The number of rotatable bonds is 7. The molecule has 0 aromatic heterocycles. The molecule has 134 valence electrons. The van der Waals surface area contributed by atoms with E-state index in [1.165, 1.54) is 11.8 Å². The standard InChI is InChI=1S/C19H23NO4S/c1-11(2)10-20-18(24)14(9-15(21)22)16(19(20)25-4)17(23)13-7-5-12(3)6-8-13/h5-8,11,19H,9-10H2,1-4H3,(H,21,22)/t19-/m0/s1. The molecule has 0 radical (unpaired) electrons. The van der Waals surface area contributed by atoms with Crippen LogP contribution in [0.15, 0.2) is 35.4 Å². The van der Waals surface area contributed by atoms with Crippen LogP contribution in [-0.2, 0) is 9.59 Å². The van der Waals surface area contributed by atoms with Crippen LogP contribution in [-0.4, -0.2) is 45.8 Å². The highest BCUT2D eigenvalue weighted by molar-refractivity contribution is 7.99. The number of carboxylic acids is 1. The van der Waals surface area contributed by atoms with Gasteiger partial charge in [0.2, 0.25) is 0 Å². The highest BCUT2D eigenvalue weighted by Gasteiger charge is 2.42. The number of aliphatic carboxylic acids is 1. The number of aryl methyl sites for hydroxylation is 1. The van der Waals surface area contributed by atoms with Gasteiger partial charge in [-0.3, -0.25) is 14.4 Å². The number of nitrogens with zero attached hydrogens (tertiary/aromatic N) is 1. The number of carbonyl (C=O) groups excluding carboxylic acids is 2. The van der Waals surface area contributed by atoms with Crippen LogP contribution >= 0.6 is 11.8 Å². The van der Waals surface area contributed by atoms with Crippen molar-refractivity contribution in [3.8, 4) is 0 Å². The summed E-state index contributed by atoms with van der Waals surface area (Å²) >= 11 is 1.38. The second kappa shape index (κ2) is 7.87. The lowest BCUT2D eigenvalue weighted by atomic mass is 9.98. The van der Waals surface area contributed by atoms with Gasteiger partial charge >= 0.3 is 5.97 Å². The van der Waals surface area contributed by atoms with Crippen molar-refractivity contribution in [1.82, 2.24) is 4.90 Å². The van der Waals surface area contributed by atoms with Gasteiger partial charge in [-0.15, -0.1) is 11.8 Å². The van der Waals surface area contributed by atoms with Crippen molar-refractivity contribution < 1.29 is 19.5 Å². The molecular formula is C19H23NO4S. The summed E-state index contributed by atoms with van der Waals surface area (Å²) < 4.78 is 0.